The minimum Gasteiger partial charge on any atom is -0.411 e. The van der Waals surface area contributed by atoms with E-state index >= 15 is 0 Å². The standard InChI is InChI=1S/C11H9ClN2O/c1-8(14-15)10(7-13)6-9-4-2-3-5-11(9)12/h2-6,15H,1H3. The lowest BCUT2D eigenvalue weighted by atomic mass is 10.1. The second-order valence-electron chi connectivity index (χ2n) is 2.88. The van der Waals surface area contributed by atoms with Crippen LogP contribution in [0.15, 0.2) is 35.0 Å². The summed E-state index contributed by atoms with van der Waals surface area (Å²) < 4.78 is 0. The maximum atomic E-state index is 8.83. The molecule has 0 amide bonds. The van der Waals surface area contributed by atoms with Crippen LogP contribution < -0.4 is 0 Å². The zero-order chi connectivity index (χ0) is 11.3. The van der Waals surface area contributed by atoms with Crippen molar-refractivity contribution in [1.82, 2.24) is 0 Å². The summed E-state index contributed by atoms with van der Waals surface area (Å²) in [5.74, 6) is 0. The molecule has 0 aliphatic heterocycles. The van der Waals surface area contributed by atoms with Gasteiger partial charge in [0.2, 0.25) is 0 Å². The quantitative estimate of drug-likeness (QED) is 0.360. The monoisotopic (exact) mass is 220 g/mol. The van der Waals surface area contributed by atoms with Gasteiger partial charge in [-0.3, -0.25) is 0 Å². The number of allylic oxidation sites excluding steroid dienone is 1. The summed E-state index contributed by atoms with van der Waals surface area (Å²) in [7, 11) is 0. The molecule has 76 valence electrons. The first-order valence-corrected chi connectivity index (χ1v) is 4.62. The lowest BCUT2D eigenvalue weighted by Gasteiger charge is -1.98. The van der Waals surface area contributed by atoms with Crippen molar-refractivity contribution in [2.45, 2.75) is 6.92 Å². The molecule has 1 aromatic carbocycles. The molecule has 1 rings (SSSR count). The Labute approximate surface area is 92.9 Å². The molecule has 4 heteroatoms. The highest BCUT2D eigenvalue weighted by molar-refractivity contribution is 6.32. The summed E-state index contributed by atoms with van der Waals surface area (Å²) in [6, 6.07) is 9.07. The lowest BCUT2D eigenvalue weighted by Crippen LogP contribution is -1.94. The molecule has 0 heterocycles. The molecule has 0 aliphatic carbocycles. The Hall–Kier alpha value is -1.79. The van der Waals surface area contributed by atoms with Gasteiger partial charge in [-0.05, 0) is 24.6 Å². The van der Waals surface area contributed by atoms with Gasteiger partial charge in [0.05, 0.1) is 11.3 Å². The highest BCUT2D eigenvalue weighted by atomic mass is 35.5. The molecule has 0 aromatic heterocycles. The first kappa shape index (κ1) is 11.3. The molecule has 0 unspecified atom stereocenters. The van der Waals surface area contributed by atoms with Gasteiger partial charge in [-0.15, -0.1) is 0 Å². The Balaban J connectivity index is 3.17. The van der Waals surface area contributed by atoms with Crippen LogP contribution in [0.4, 0.5) is 0 Å². The third kappa shape index (κ3) is 2.83. The maximum absolute atomic E-state index is 8.83. The van der Waals surface area contributed by atoms with Crippen LogP contribution in [0, 0.1) is 11.3 Å². The van der Waals surface area contributed by atoms with Gasteiger partial charge in [0.25, 0.3) is 0 Å². The first-order valence-electron chi connectivity index (χ1n) is 4.24. The molecular formula is C11H9ClN2O. The van der Waals surface area contributed by atoms with Crippen LogP contribution >= 0.6 is 11.6 Å². The first-order chi connectivity index (χ1) is 7.19. The molecule has 0 radical (unpaired) electrons. The second kappa shape index (κ2) is 5.18. The minimum absolute atomic E-state index is 0.261. The fraction of sp³-hybridized carbons (Fsp3) is 0.0909. The number of nitriles is 1. The van der Waals surface area contributed by atoms with Crippen molar-refractivity contribution in [2.24, 2.45) is 5.16 Å². The van der Waals surface area contributed by atoms with Crippen molar-refractivity contribution >= 4 is 23.4 Å². The van der Waals surface area contributed by atoms with Crippen LogP contribution in [0.1, 0.15) is 12.5 Å². The number of benzene rings is 1. The predicted octanol–water partition coefficient (Wildman–Crippen LogP) is 3.10. The summed E-state index contributed by atoms with van der Waals surface area (Å²) >= 11 is 5.92. The number of halogens is 1. The molecule has 15 heavy (non-hydrogen) atoms. The normalized spacial score (nSPS) is 12.3. The van der Waals surface area contributed by atoms with E-state index in [1.807, 2.05) is 12.1 Å². The van der Waals surface area contributed by atoms with Crippen molar-refractivity contribution < 1.29 is 5.21 Å². The number of rotatable bonds is 2. The van der Waals surface area contributed by atoms with E-state index in [4.69, 9.17) is 22.1 Å². The summed E-state index contributed by atoms with van der Waals surface area (Å²) in [4.78, 5) is 0. The largest absolute Gasteiger partial charge is 0.411 e. The van der Waals surface area contributed by atoms with Crippen molar-refractivity contribution in [3.63, 3.8) is 0 Å². The Morgan fingerprint density at radius 1 is 1.53 bits per heavy atom. The Morgan fingerprint density at radius 2 is 2.20 bits per heavy atom. The van der Waals surface area contributed by atoms with E-state index in [1.165, 1.54) is 0 Å². The number of oxime groups is 1. The van der Waals surface area contributed by atoms with Gasteiger partial charge in [0, 0.05) is 5.02 Å². The molecule has 0 spiro atoms. The predicted molar refractivity (Wildman–Crippen MR) is 59.9 cm³/mol. The average Bonchev–Trinajstić information content (AvgIpc) is 2.27. The van der Waals surface area contributed by atoms with Gasteiger partial charge in [0.15, 0.2) is 0 Å². The van der Waals surface area contributed by atoms with E-state index in [9.17, 15) is 0 Å². The van der Waals surface area contributed by atoms with Gasteiger partial charge in [-0.25, -0.2) is 0 Å². The topological polar surface area (TPSA) is 56.4 Å². The zero-order valence-electron chi connectivity index (χ0n) is 8.11. The van der Waals surface area contributed by atoms with Crippen LogP contribution in [0.25, 0.3) is 6.08 Å². The van der Waals surface area contributed by atoms with Crippen molar-refractivity contribution in [2.75, 3.05) is 0 Å². The molecular weight excluding hydrogens is 212 g/mol. The summed E-state index contributed by atoms with van der Waals surface area (Å²) in [5, 5.41) is 20.9. The van der Waals surface area contributed by atoms with Crippen LogP contribution in [0.2, 0.25) is 5.02 Å². The molecule has 0 bridgehead atoms. The molecule has 0 saturated carbocycles. The van der Waals surface area contributed by atoms with Gasteiger partial charge in [0.1, 0.15) is 6.07 Å². The van der Waals surface area contributed by atoms with E-state index in [-0.39, 0.29) is 11.3 Å². The molecule has 0 saturated heterocycles. The summed E-state index contributed by atoms with van der Waals surface area (Å²) in [6.07, 6.45) is 1.58. The minimum atomic E-state index is 0.261. The van der Waals surface area contributed by atoms with Crippen LogP contribution in [0.5, 0.6) is 0 Å². The number of hydrogen-bond acceptors (Lipinski definition) is 3. The Morgan fingerprint density at radius 3 is 2.73 bits per heavy atom. The average molecular weight is 221 g/mol. The molecule has 1 aromatic rings. The van der Waals surface area contributed by atoms with Gasteiger partial charge < -0.3 is 5.21 Å². The summed E-state index contributed by atoms with van der Waals surface area (Å²) in [5.41, 5.74) is 1.27. The second-order valence-corrected chi connectivity index (χ2v) is 3.28. The van der Waals surface area contributed by atoms with Crippen LogP contribution in [-0.2, 0) is 0 Å². The van der Waals surface area contributed by atoms with Gasteiger partial charge >= 0.3 is 0 Å². The van der Waals surface area contributed by atoms with Crippen LogP contribution in [-0.4, -0.2) is 10.9 Å². The highest BCUT2D eigenvalue weighted by Gasteiger charge is 2.03. The molecule has 0 aliphatic rings. The van der Waals surface area contributed by atoms with Gasteiger partial charge in [-0.1, -0.05) is 35.0 Å². The maximum Gasteiger partial charge on any atom is 0.101 e. The lowest BCUT2D eigenvalue weighted by molar-refractivity contribution is 0.319. The Kier molecular flexibility index (Phi) is 3.90. The zero-order valence-corrected chi connectivity index (χ0v) is 8.86. The van der Waals surface area contributed by atoms with E-state index in [0.717, 1.165) is 5.56 Å². The van der Waals surface area contributed by atoms with E-state index in [1.54, 1.807) is 31.2 Å². The van der Waals surface area contributed by atoms with Crippen molar-refractivity contribution in [3.05, 3.63) is 40.4 Å². The van der Waals surface area contributed by atoms with Crippen molar-refractivity contribution in [3.8, 4) is 6.07 Å². The smallest absolute Gasteiger partial charge is 0.101 e. The van der Waals surface area contributed by atoms with Gasteiger partial charge in [-0.2, -0.15) is 5.26 Å². The molecule has 0 fully saturated rings. The molecule has 0 atom stereocenters. The molecule has 1 N–H and O–H groups in total. The fourth-order valence-corrected chi connectivity index (χ4v) is 1.21. The Bertz CT molecular complexity index is 458. The van der Waals surface area contributed by atoms with E-state index < -0.39 is 0 Å². The van der Waals surface area contributed by atoms with E-state index in [2.05, 4.69) is 5.16 Å². The van der Waals surface area contributed by atoms with Crippen LogP contribution in [0.3, 0.4) is 0 Å². The van der Waals surface area contributed by atoms with E-state index in [0.29, 0.717) is 5.02 Å². The fourth-order valence-electron chi connectivity index (χ4n) is 1.02. The number of hydrogen-bond donors (Lipinski definition) is 1. The third-order valence-corrected chi connectivity index (χ3v) is 2.21. The SMILES string of the molecule is CC(=NO)C(C#N)=Cc1ccccc1Cl. The van der Waals surface area contributed by atoms with Crippen molar-refractivity contribution in [1.29, 1.82) is 5.26 Å². The highest BCUT2D eigenvalue weighted by Crippen LogP contribution is 2.18. The summed E-state index contributed by atoms with van der Waals surface area (Å²) in [6.45, 7) is 1.55. The molecule has 3 nitrogen and oxygen atoms in total. The third-order valence-electron chi connectivity index (χ3n) is 1.87. The number of nitrogens with zero attached hydrogens (tertiary/aromatic N) is 2.